The second-order valence-corrected chi connectivity index (χ2v) is 5.23. The highest BCUT2D eigenvalue weighted by molar-refractivity contribution is 5.89. The van der Waals surface area contributed by atoms with Gasteiger partial charge in [0.1, 0.15) is 0 Å². The number of aliphatic imine (C=N–C) groups is 1. The third-order valence-corrected chi connectivity index (χ3v) is 2.92. The summed E-state index contributed by atoms with van der Waals surface area (Å²) in [5.41, 5.74) is 7.34. The SMILES string of the molecule is CCOC(=O)c1ccc(CN=C(N)NCCC(C)C)cc1. The van der Waals surface area contributed by atoms with E-state index in [1.165, 1.54) is 0 Å². The van der Waals surface area contributed by atoms with Crippen molar-refractivity contribution in [2.75, 3.05) is 13.2 Å². The molecule has 0 saturated carbocycles. The Hall–Kier alpha value is -2.04. The minimum atomic E-state index is -0.303. The highest BCUT2D eigenvalue weighted by Crippen LogP contribution is 2.07. The van der Waals surface area contributed by atoms with Crippen molar-refractivity contribution in [3.05, 3.63) is 35.4 Å². The van der Waals surface area contributed by atoms with Crippen molar-refractivity contribution in [3.8, 4) is 0 Å². The van der Waals surface area contributed by atoms with Gasteiger partial charge in [0.05, 0.1) is 18.7 Å². The van der Waals surface area contributed by atoms with Gasteiger partial charge in [-0.1, -0.05) is 26.0 Å². The number of nitrogens with one attached hydrogen (secondary N) is 1. The van der Waals surface area contributed by atoms with Crippen molar-refractivity contribution >= 4 is 11.9 Å². The number of hydrogen-bond acceptors (Lipinski definition) is 3. The first-order chi connectivity index (χ1) is 10.0. The van der Waals surface area contributed by atoms with Crippen molar-refractivity contribution in [1.82, 2.24) is 5.32 Å². The summed E-state index contributed by atoms with van der Waals surface area (Å²) in [6.07, 6.45) is 1.06. The summed E-state index contributed by atoms with van der Waals surface area (Å²) in [5, 5.41) is 3.08. The third kappa shape index (κ3) is 6.79. The summed E-state index contributed by atoms with van der Waals surface area (Å²) in [4.78, 5) is 15.8. The van der Waals surface area contributed by atoms with E-state index in [-0.39, 0.29) is 5.97 Å². The first-order valence-corrected chi connectivity index (χ1v) is 7.32. The Morgan fingerprint density at radius 3 is 2.57 bits per heavy atom. The number of ether oxygens (including phenoxy) is 1. The molecule has 0 atom stereocenters. The van der Waals surface area contributed by atoms with Crippen molar-refractivity contribution in [1.29, 1.82) is 0 Å². The van der Waals surface area contributed by atoms with E-state index in [1.54, 1.807) is 19.1 Å². The zero-order valence-corrected chi connectivity index (χ0v) is 13.1. The molecule has 0 fully saturated rings. The van der Waals surface area contributed by atoms with Crippen LogP contribution in [0.4, 0.5) is 0 Å². The van der Waals surface area contributed by atoms with Crippen LogP contribution in [0.25, 0.3) is 0 Å². The normalized spacial score (nSPS) is 11.5. The van der Waals surface area contributed by atoms with Crippen LogP contribution in [-0.4, -0.2) is 25.1 Å². The zero-order chi connectivity index (χ0) is 15.7. The fourth-order valence-electron chi connectivity index (χ4n) is 1.68. The van der Waals surface area contributed by atoms with Crippen LogP contribution >= 0.6 is 0 Å². The molecule has 0 amide bonds. The number of hydrogen-bond donors (Lipinski definition) is 2. The Balaban J connectivity index is 2.46. The lowest BCUT2D eigenvalue weighted by molar-refractivity contribution is 0.0526. The lowest BCUT2D eigenvalue weighted by Gasteiger charge is -2.07. The minimum absolute atomic E-state index is 0.303. The maximum absolute atomic E-state index is 11.5. The molecular weight excluding hydrogens is 266 g/mol. The third-order valence-electron chi connectivity index (χ3n) is 2.92. The first kappa shape index (κ1) is 17.0. The molecule has 1 aromatic rings. The van der Waals surface area contributed by atoms with Crippen LogP contribution in [0, 0.1) is 5.92 Å². The van der Waals surface area contributed by atoms with Crippen LogP contribution in [0.15, 0.2) is 29.3 Å². The van der Waals surface area contributed by atoms with Crippen LogP contribution in [0.2, 0.25) is 0 Å². The number of benzene rings is 1. The number of guanidine groups is 1. The average molecular weight is 291 g/mol. The Bertz CT molecular complexity index is 467. The molecule has 0 aliphatic carbocycles. The lowest BCUT2D eigenvalue weighted by Crippen LogP contribution is -2.32. The average Bonchev–Trinajstić information content (AvgIpc) is 2.45. The molecular formula is C16H25N3O2. The van der Waals surface area contributed by atoms with Gasteiger partial charge in [0.2, 0.25) is 0 Å². The van der Waals surface area contributed by atoms with Gasteiger partial charge in [-0.05, 0) is 37.0 Å². The maximum Gasteiger partial charge on any atom is 0.338 e. The summed E-state index contributed by atoms with van der Waals surface area (Å²) < 4.78 is 4.93. The standard InChI is InChI=1S/C16H25N3O2/c1-4-21-15(20)14-7-5-13(6-8-14)11-19-16(17)18-10-9-12(2)3/h5-8,12H,4,9-11H2,1-3H3,(H3,17,18,19). The van der Waals surface area contributed by atoms with E-state index in [0.29, 0.717) is 30.6 Å². The van der Waals surface area contributed by atoms with Gasteiger partial charge in [-0.15, -0.1) is 0 Å². The van der Waals surface area contributed by atoms with Gasteiger partial charge < -0.3 is 15.8 Å². The Morgan fingerprint density at radius 2 is 2.00 bits per heavy atom. The predicted molar refractivity (Wildman–Crippen MR) is 85.2 cm³/mol. The van der Waals surface area contributed by atoms with Crippen LogP contribution in [0.1, 0.15) is 43.1 Å². The van der Waals surface area contributed by atoms with Crippen LogP contribution < -0.4 is 11.1 Å². The summed E-state index contributed by atoms with van der Waals surface area (Å²) >= 11 is 0. The fraction of sp³-hybridized carbons (Fsp3) is 0.500. The van der Waals surface area contributed by atoms with Gasteiger partial charge in [-0.3, -0.25) is 0 Å². The zero-order valence-electron chi connectivity index (χ0n) is 13.1. The molecule has 0 spiro atoms. The quantitative estimate of drug-likeness (QED) is 0.459. The Morgan fingerprint density at radius 1 is 1.33 bits per heavy atom. The summed E-state index contributed by atoms with van der Waals surface area (Å²) in [6, 6.07) is 7.20. The molecule has 0 radical (unpaired) electrons. The van der Waals surface area contributed by atoms with Crippen molar-refractivity contribution in [2.24, 2.45) is 16.6 Å². The summed E-state index contributed by atoms with van der Waals surface area (Å²) in [5.74, 6) is 0.785. The van der Waals surface area contributed by atoms with E-state index in [1.807, 2.05) is 12.1 Å². The smallest absolute Gasteiger partial charge is 0.338 e. The van der Waals surface area contributed by atoms with E-state index >= 15 is 0 Å². The molecule has 5 heteroatoms. The second kappa shape index (κ2) is 9.00. The largest absolute Gasteiger partial charge is 0.462 e. The van der Waals surface area contributed by atoms with Crippen LogP contribution in [0.3, 0.4) is 0 Å². The first-order valence-electron chi connectivity index (χ1n) is 7.32. The monoisotopic (exact) mass is 291 g/mol. The van der Waals surface area contributed by atoms with E-state index < -0.39 is 0 Å². The van der Waals surface area contributed by atoms with Crippen molar-refractivity contribution in [3.63, 3.8) is 0 Å². The molecule has 0 aliphatic heterocycles. The molecule has 116 valence electrons. The van der Waals surface area contributed by atoms with Gasteiger partial charge >= 0.3 is 5.97 Å². The molecule has 5 nitrogen and oxygen atoms in total. The predicted octanol–water partition coefficient (Wildman–Crippen LogP) is 2.31. The fourth-order valence-corrected chi connectivity index (χ4v) is 1.68. The maximum atomic E-state index is 11.5. The minimum Gasteiger partial charge on any atom is -0.462 e. The van der Waals surface area contributed by atoms with Gasteiger partial charge in [0.15, 0.2) is 5.96 Å². The Labute approximate surface area is 126 Å². The van der Waals surface area contributed by atoms with E-state index in [0.717, 1.165) is 18.5 Å². The van der Waals surface area contributed by atoms with Crippen molar-refractivity contribution < 1.29 is 9.53 Å². The van der Waals surface area contributed by atoms with Gasteiger partial charge in [0.25, 0.3) is 0 Å². The van der Waals surface area contributed by atoms with E-state index in [4.69, 9.17) is 10.5 Å². The molecule has 1 rings (SSSR count). The molecule has 3 N–H and O–H groups in total. The molecule has 1 aromatic carbocycles. The lowest BCUT2D eigenvalue weighted by atomic mass is 10.1. The number of esters is 1. The number of carbonyl (C=O) groups excluding carboxylic acids is 1. The Kier molecular flexibility index (Phi) is 7.29. The van der Waals surface area contributed by atoms with E-state index in [2.05, 4.69) is 24.2 Å². The molecule has 0 aromatic heterocycles. The van der Waals surface area contributed by atoms with Crippen LogP contribution in [-0.2, 0) is 11.3 Å². The summed E-state index contributed by atoms with van der Waals surface area (Å²) in [7, 11) is 0. The van der Waals surface area contributed by atoms with Gasteiger partial charge in [-0.25, -0.2) is 9.79 Å². The number of nitrogens with zero attached hydrogens (tertiary/aromatic N) is 1. The number of carbonyl (C=O) groups is 1. The van der Waals surface area contributed by atoms with Gasteiger partial charge in [0, 0.05) is 6.54 Å². The molecule has 0 aliphatic rings. The van der Waals surface area contributed by atoms with E-state index in [9.17, 15) is 4.79 Å². The molecule has 0 bridgehead atoms. The van der Waals surface area contributed by atoms with Gasteiger partial charge in [-0.2, -0.15) is 0 Å². The topological polar surface area (TPSA) is 76.7 Å². The highest BCUT2D eigenvalue weighted by atomic mass is 16.5. The molecule has 0 unspecified atom stereocenters. The second-order valence-electron chi connectivity index (χ2n) is 5.23. The highest BCUT2D eigenvalue weighted by Gasteiger charge is 2.05. The van der Waals surface area contributed by atoms with Crippen LogP contribution in [0.5, 0.6) is 0 Å². The molecule has 0 saturated heterocycles. The number of rotatable bonds is 7. The van der Waals surface area contributed by atoms with Crippen molar-refractivity contribution in [2.45, 2.75) is 33.7 Å². The number of nitrogens with two attached hydrogens (primary N) is 1. The summed E-state index contributed by atoms with van der Waals surface area (Å²) in [6.45, 7) is 7.82. The molecule has 21 heavy (non-hydrogen) atoms. The molecule has 0 heterocycles.